The molecule has 0 N–H and O–H groups in total. The van der Waals surface area contributed by atoms with E-state index >= 15 is 0 Å². The lowest BCUT2D eigenvalue weighted by atomic mass is 10.1. The zero-order chi connectivity index (χ0) is 18.3. The Labute approximate surface area is 158 Å². The lowest BCUT2D eigenvalue weighted by Gasteiger charge is -2.32. The largest absolute Gasteiger partial charge is 0.350 e. The minimum Gasteiger partial charge on any atom is -0.265 e. The summed E-state index contributed by atoms with van der Waals surface area (Å²) in [4.78, 5) is 5.51. The smallest absolute Gasteiger partial charge is 0.265 e. The topological polar surface area (TPSA) is 9.49 Å². The van der Waals surface area contributed by atoms with Gasteiger partial charge >= 0.3 is 5.96 Å². The molecule has 0 aliphatic carbocycles. The van der Waals surface area contributed by atoms with Crippen molar-refractivity contribution in [3.8, 4) is 0 Å². The second kappa shape index (κ2) is 14.4. The van der Waals surface area contributed by atoms with Gasteiger partial charge in [0.1, 0.15) is 0 Å². The van der Waals surface area contributed by atoms with E-state index in [2.05, 4.69) is 42.1 Å². The highest BCUT2D eigenvalue weighted by Crippen LogP contribution is 2.12. The fourth-order valence-electron chi connectivity index (χ4n) is 3.71. The molecule has 1 saturated heterocycles. The average Bonchev–Trinajstić information content (AvgIpc) is 2.66. The van der Waals surface area contributed by atoms with Gasteiger partial charge in [0.05, 0.1) is 39.3 Å². The number of piperidine rings is 1. The molecule has 1 fully saturated rings. The summed E-state index contributed by atoms with van der Waals surface area (Å²) in [7, 11) is 0. The number of guanidine groups is 1. The van der Waals surface area contributed by atoms with Crippen molar-refractivity contribution in [2.45, 2.75) is 98.3 Å². The summed E-state index contributed by atoms with van der Waals surface area (Å²) >= 11 is 0. The molecule has 148 valence electrons. The van der Waals surface area contributed by atoms with Crippen LogP contribution in [0.15, 0.2) is 0 Å². The summed E-state index contributed by atoms with van der Waals surface area (Å²) in [6.45, 7) is 16.8. The van der Waals surface area contributed by atoms with Crippen molar-refractivity contribution in [1.29, 1.82) is 0 Å². The molecular weight excluding hydrogens is 306 g/mol. The van der Waals surface area contributed by atoms with Crippen LogP contribution in [-0.2, 0) is 0 Å². The Kier molecular flexibility index (Phi) is 12.9. The third kappa shape index (κ3) is 8.46. The molecule has 0 atom stereocenters. The molecule has 1 aliphatic heterocycles. The molecule has 0 spiro atoms. The third-order valence-electron chi connectivity index (χ3n) is 5.33. The molecule has 0 aromatic carbocycles. The number of nitrogens with zero attached hydrogens (tertiary/aromatic N) is 3. The van der Waals surface area contributed by atoms with Crippen LogP contribution < -0.4 is 0 Å². The molecular formula is C22H46N3+. The first-order valence-electron chi connectivity index (χ1n) is 11.4. The van der Waals surface area contributed by atoms with E-state index in [9.17, 15) is 0 Å². The highest BCUT2D eigenvalue weighted by Gasteiger charge is 2.29. The van der Waals surface area contributed by atoms with E-state index in [0.717, 1.165) is 0 Å². The molecule has 0 saturated carbocycles. The molecule has 0 aromatic heterocycles. The maximum atomic E-state index is 2.75. The Bertz CT molecular complexity index is 305. The number of hydrogen-bond donors (Lipinski definition) is 0. The Hall–Kier alpha value is -0.730. The quantitative estimate of drug-likeness (QED) is 0.346. The van der Waals surface area contributed by atoms with E-state index in [1.54, 1.807) is 5.96 Å². The number of hydrogen-bond acceptors (Lipinski definition) is 0. The predicted octanol–water partition coefficient (Wildman–Crippen LogP) is 5.34. The second-order valence-electron chi connectivity index (χ2n) is 7.74. The lowest BCUT2D eigenvalue weighted by Crippen LogP contribution is -2.52. The molecule has 0 unspecified atom stereocenters. The van der Waals surface area contributed by atoms with Crippen LogP contribution in [0.1, 0.15) is 98.3 Å². The Morgan fingerprint density at radius 3 is 1.28 bits per heavy atom. The Morgan fingerprint density at radius 2 is 0.960 bits per heavy atom. The van der Waals surface area contributed by atoms with Gasteiger partial charge in [-0.25, -0.2) is 0 Å². The van der Waals surface area contributed by atoms with Crippen molar-refractivity contribution < 1.29 is 4.58 Å². The molecule has 1 heterocycles. The first kappa shape index (κ1) is 22.3. The summed E-state index contributed by atoms with van der Waals surface area (Å²) in [6, 6.07) is 0. The van der Waals surface area contributed by atoms with Crippen molar-refractivity contribution in [1.82, 2.24) is 9.80 Å². The fraction of sp³-hybridized carbons (Fsp3) is 0.955. The molecule has 3 nitrogen and oxygen atoms in total. The van der Waals surface area contributed by atoms with Crippen LogP contribution in [0, 0.1) is 0 Å². The van der Waals surface area contributed by atoms with Crippen LogP contribution in [0.5, 0.6) is 0 Å². The fourth-order valence-corrected chi connectivity index (χ4v) is 3.71. The van der Waals surface area contributed by atoms with Gasteiger partial charge in [-0.15, -0.1) is 0 Å². The van der Waals surface area contributed by atoms with Gasteiger partial charge in [-0.3, -0.25) is 14.4 Å². The van der Waals surface area contributed by atoms with Gasteiger partial charge in [0.2, 0.25) is 0 Å². The summed E-state index contributed by atoms with van der Waals surface area (Å²) < 4.78 is 2.74. The van der Waals surface area contributed by atoms with Crippen LogP contribution >= 0.6 is 0 Å². The zero-order valence-corrected chi connectivity index (χ0v) is 17.9. The van der Waals surface area contributed by atoms with Gasteiger partial charge in [-0.2, -0.15) is 0 Å². The van der Waals surface area contributed by atoms with E-state index in [4.69, 9.17) is 0 Å². The van der Waals surface area contributed by atoms with E-state index in [1.165, 1.54) is 110 Å². The molecule has 0 amide bonds. The lowest BCUT2D eigenvalue weighted by molar-refractivity contribution is -0.547. The average molecular weight is 353 g/mol. The van der Waals surface area contributed by atoms with Crippen molar-refractivity contribution in [3.05, 3.63) is 0 Å². The molecule has 1 rings (SSSR count). The molecule has 3 heteroatoms. The summed E-state index contributed by atoms with van der Waals surface area (Å²) in [6.07, 6.45) is 14.6. The van der Waals surface area contributed by atoms with Gasteiger partial charge < -0.3 is 0 Å². The molecule has 0 aromatic rings. The van der Waals surface area contributed by atoms with E-state index in [0.29, 0.717) is 0 Å². The van der Waals surface area contributed by atoms with Gasteiger partial charge in [-0.1, -0.05) is 53.4 Å². The highest BCUT2D eigenvalue weighted by atomic mass is 15.4. The second-order valence-corrected chi connectivity index (χ2v) is 7.74. The third-order valence-corrected chi connectivity index (χ3v) is 5.33. The minimum absolute atomic E-state index is 1.23. The highest BCUT2D eigenvalue weighted by molar-refractivity contribution is 5.75. The van der Waals surface area contributed by atoms with Gasteiger partial charge in [0, 0.05) is 0 Å². The normalized spacial score (nSPS) is 14.6. The molecule has 1 aliphatic rings. The van der Waals surface area contributed by atoms with Crippen LogP contribution in [0.25, 0.3) is 0 Å². The van der Waals surface area contributed by atoms with E-state index in [1.807, 2.05) is 0 Å². The van der Waals surface area contributed by atoms with Crippen LogP contribution in [0.4, 0.5) is 0 Å². The van der Waals surface area contributed by atoms with E-state index < -0.39 is 0 Å². The Morgan fingerprint density at radius 1 is 0.600 bits per heavy atom. The predicted molar refractivity (Wildman–Crippen MR) is 112 cm³/mol. The molecule has 25 heavy (non-hydrogen) atoms. The summed E-state index contributed by atoms with van der Waals surface area (Å²) in [5, 5.41) is 0. The number of rotatable bonds is 12. The Balaban J connectivity index is 3.07. The molecule has 0 bridgehead atoms. The van der Waals surface area contributed by atoms with E-state index in [-0.39, 0.29) is 0 Å². The number of unbranched alkanes of at least 4 members (excludes halogenated alkanes) is 4. The van der Waals surface area contributed by atoms with Gasteiger partial charge in [0.15, 0.2) is 0 Å². The minimum atomic E-state index is 1.23. The maximum absolute atomic E-state index is 2.75. The standard InChI is InChI=1S/C22H46N3/c1-5-9-16-23(17-10-6-2)22(25-20-14-13-15-21-25)24(18-11-7-3)19-12-8-4/h5-21H2,1-4H3/q+1. The van der Waals surface area contributed by atoms with Crippen molar-refractivity contribution in [2.75, 3.05) is 39.3 Å². The summed E-state index contributed by atoms with van der Waals surface area (Å²) in [5.74, 6) is 1.59. The van der Waals surface area contributed by atoms with Crippen molar-refractivity contribution in [2.24, 2.45) is 0 Å². The van der Waals surface area contributed by atoms with Gasteiger partial charge in [-0.05, 0) is 44.9 Å². The van der Waals surface area contributed by atoms with Crippen molar-refractivity contribution >= 4 is 5.96 Å². The van der Waals surface area contributed by atoms with Gasteiger partial charge in [0.25, 0.3) is 0 Å². The molecule has 0 radical (unpaired) electrons. The maximum Gasteiger partial charge on any atom is 0.350 e. The van der Waals surface area contributed by atoms with Crippen LogP contribution in [-0.4, -0.2) is 59.6 Å². The summed E-state index contributed by atoms with van der Waals surface area (Å²) in [5.41, 5.74) is 0. The SMILES string of the molecule is CCCCN(CCCC)C(N(CCCC)CCCC)=[N+]1CCCCC1. The first-order chi connectivity index (χ1) is 12.3. The monoisotopic (exact) mass is 352 g/mol. The van der Waals surface area contributed by atoms with Crippen LogP contribution in [0.3, 0.4) is 0 Å². The van der Waals surface area contributed by atoms with Crippen LogP contribution in [0.2, 0.25) is 0 Å². The van der Waals surface area contributed by atoms with Crippen molar-refractivity contribution in [3.63, 3.8) is 0 Å². The first-order valence-corrected chi connectivity index (χ1v) is 11.4. The zero-order valence-electron chi connectivity index (χ0n) is 17.9.